The smallest absolute Gasteiger partial charge is 0.377 e. The zero-order chi connectivity index (χ0) is 29.5. The summed E-state index contributed by atoms with van der Waals surface area (Å²) in [6, 6.07) is 2.37. The largest absolute Gasteiger partial charge is 0.500 e. The molecule has 0 N–H and O–H groups in total. The van der Waals surface area contributed by atoms with Crippen molar-refractivity contribution in [1.29, 1.82) is 0 Å². The van der Waals surface area contributed by atoms with Gasteiger partial charge in [0.25, 0.3) is 0 Å². The predicted octanol–water partition coefficient (Wildman–Crippen LogP) is 5.21. The van der Waals surface area contributed by atoms with Gasteiger partial charge in [0.2, 0.25) is 0 Å². The molecule has 0 bridgehead atoms. The number of rotatable bonds is 29. The molecule has 0 heterocycles. The molecule has 0 aliphatic heterocycles. The first kappa shape index (κ1) is 39.3. The standard InChI is InChI=1S/C26H61NO9Si3/c1-10-29-37(28-9,30-11-2)24-18-21-27(22-19-25-38(31-12-3,32-13-4)33-14-5)23-20-26-39(34-15-6,35-16-7)36-17-8/h10-26H2,1-9H3. The van der Waals surface area contributed by atoms with Crippen LogP contribution in [0.4, 0.5) is 0 Å². The molecule has 0 saturated carbocycles. The fourth-order valence-electron chi connectivity index (χ4n) is 4.74. The second-order valence-corrected chi connectivity index (χ2v) is 17.2. The summed E-state index contributed by atoms with van der Waals surface area (Å²) in [4.78, 5) is 2.50. The van der Waals surface area contributed by atoms with Gasteiger partial charge in [-0.3, -0.25) is 0 Å². The van der Waals surface area contributed by atoms with Crippen LogP contribution in [0.15, 0.2) is 0 Å². The van der Waals surface area contributed by atoms with Gasteiger partial charge in [-0.2, -0.15) is 0 Å². The molecule has 0 rings (SSSR count). The van der Waals surface area contributed by atoms with Gasteiger partial charge in [0, 0.05) is 78.1 Å². The van der Waals surface area contributed by atoms with E-state index in [1.54, 1.807) is 7.11 Å². The van der Waals surface area contributed by atoms with E-state index in [1.165, 1.54) is 0 Å². The number of hydrogen-bond acceptors (Lipinski definition) is 10. The minimum Gasteiger partial charge on any atom is -0.377 e. The molecule has 0 spiro atoms. The molecule has 39 heavy (non-hydrogen) atoms. The molecule has 0 aromatic carbocycles. The highest BCUT2D eigenvalue weighted by atomic mass is 28.4. The van der Waals surface area contributed by atoms with Gasteiger partial charge in [0.1, 0.15) is 0 Å². The van der Waals surface area contributed by atoms with Gasteiger partial charge in [0.15, 0.2) is 0 Å². The molecule has 236 valence electrons. The second kappa shape index (κ2) is 23.8. The molecule has 0 unspecified atom stereocenters. The highest BCUT2D eigenvalue weighted by Crippen LogP contribution is 2.22. The van der Waals surface area contributed by atoms with Crippen LogP contribution >= 0.6 is 0 Å². The summed E-state index contributed by atoms with van der Waals surface area (Å²) in [5.74, 6) is 0. The summed E-state index contributed by atoms with van der Waals surface area (Å²) >= 11 is 0. The fourth-order valence-corrected chi connectivity index (χ4v) is 12.2. The van der Waals surface area contributed by atoms with Crippen LogP contribution in [0.5, 0.6) is 0 Å². The van der Waals surface area contributed by atoms with Crippen molar-refractivity contribution < 1.29 is 39.8 Å². The monoisotopic (exact) mass is 615 g/mol. The lowest BCUT2D eigenvalue weighted by Crippen LogP contribution is -2.47. The summed E-state index contributed by atoms with van der Waals surface area (Å²) < 4.78 is 54.3. The first-order valence-corrected chi connectivity index (χ1v) is 21.0. The lowest BCUT2D eigenvalue weighted by Gasteiger charge is -2.31. The SMILES string of the molecule is CCO[Si](CCCN(CCC[Si](OCC)(OCC)OCC)CCC[Si](OCC)(OCC)OCC)(OC)OCC. The zero-order valence-electron chi connectivity index (χ0n) is 26.6. The van der Waals surface area contributed by atoms with Crippen molar-refractivity contribution in [2.24, 2.45) is 0 Å². The van der Waals surface area contributed by atoms with Crippen LogP contribution < -0.4 is 0 Å². The summed E-state index contributed by atoms with van der Waals surface area (Å²) in [6.07, 6.45) is 2.79. The Morgan fingerprint density at radius 2 is 0.615 bits per heavy atom. The Balaban J connectivity index is 5.44. The Kier molecular flexibility index (Phi) is 23.9. The molecule has 0 aromatic rings. The highest BCUT2D eigenvalue weighted by molar-refractivity contribution is 6.61. The molecule has 13 heteroatoms. The van der Waals surface area contributed by atoms with E-state index in [1.807, 2.05) is 55.4 Å². The van der Waals surface area contributed by atoms with Crippen LogP contribution in [0.2, 0.25) is 18.1 Å². The van der Waals surface area contributed by atoms with Gasteiger partial charge in [-0.25, -0.2) is 0 Å². The second-order valence-electron chi connectivity index (χ2n) is 8.87. The predicted molar refractivity (Wildman–Crippen MR) is 162 cm³/mol. The highest BCUT2D eigenvalue weighted by Gasteiger charge is 2.42. The van der Waals surface area contributed by atoms with Crippen LogP contribution in [0, 0.1) is 0 Å². The zero-order valence-corrected chi connectivity index (χ0v) is 29.6. The average molecular weight is 616 g/mol. The van der Waals surface area contributed by atoms with Crippen LogP contribution in [0.25, 0.3) is 0 Å². The molecular weight excluding hydrogens is 555 g/mol. The van der Waals surface area contributed by atoms with E-state index in [0.29, 0.717) is 52.9 Å². The molecule has 0 amide bonds. The van der Waals surface area contributed by atoms with Crippen molar-refractivity contribution in [2.45, 2.75) is 92.8 Å². The van der Waals surface area contributed by atoms with E-state index in [-0.39, 0.29) is 0 Å². The van der Waals surface area contributed by atoms with Crippen molar-refractivity contribution in [1.82, 2.24) is 4.90 Å². The van der Waals surface area contributed by atoms with Crippen molar-refractivity contribution >= 4 is 26.4 Å². The molecule has 0 radical (unpaired) electrons. The van der Waals surface area contributed by atoms with Gasteiger partial charge in [-0.05, 0) is 94.3 Å². The van der Waals surface area contributed by atoms with Gasteiger partial charge >= 0.3 is 26.4 Å². The molecule has 0 aliphatic rings. The lowest BCUT2D eigenvalue weighted by molar-refractivity contribution is 0.0692. The summed E-state index contributed by atoms with van der Waals surface area (Å²) in [5.41, 5.74) is 0. The molecule has 0 saturated heterocycles. The normalized spacial score (nSPS) is 13.1. The van der Waals surface area contributed by atoms with E-state index in [4.69, 9.17) is 39.8 Å². The van der Waals surface area contributed by atoms with Crippen LogP contribution in [-0.4, -0.2) is 111 Å². The van der Waals surface area contributed by atoms with Gasteiger partial charge in [-0.1, -0.05) is 0 Å². The van der Waals surface area contributed by atoms with Crippen LogP contribution in [-0.2, 0) is 39.8 Å². The molecule has 0 aliphatic carbocycles. The first-order chi connectivity index (χ1) is 18.8. The van der Waals surface area contributed by atoms with Gasteiger partial charge in [-0.15, -0.1) is 0 Å². The van der Waals surface area contributed by atoms with E-state index >= 15 is 0 Å². The average Bonchev–Trinajstić information content (AvgIpc) is 2.89. The Hall–Kier alpha value is 0.251. The third-order valence-electron chi connectivity index (χ3n) is 6.10. The van der Waals surface area contributed by atoms with Crippen molar-refractivity contribution in [3.05, 3.63) is 0 Å². The summed E-state index contributed by atoms with van der Waals surface area (Å²) in [7, 11) is -6.31. The van der Waals surface area contributed by atoms with E-state index in [2.05, 4.69) is 4.90 Å². The topological polar surface area (TPSA) is 86.3 Å². The third kappa shape index (κ3) is 15.9. The maximum atomic E-state index is 6.08. The minimum absolute atomic E-state index is 0.585. The number of nitrogens with zero attached hydrogens (tertiary/aromatic N) is 1. The molecular formula is C26H61NO9Si3. The summed E-state index contributed by atoms with van der Waals surface area (Å²) in [6.45, 7) is 23.4. The maximum Gasteiger partial charge on any atom is 0.500 e. The van der Waals surface area contributed by atoms with Crippen LogP contribution in [0.1, 0.15) is 74.7 Å². The Morgan fingerprint density at radius 3 is 0.846 bits per heavy atom. The Bertz CT molecular complexity index is 495. The quantitative estimate of drug-likeness (QED) is 0.105. The van der Waals surface area contributed by atoms with Crippen molar-refractivity contribution in [2.75, 3.05) is 79.6 Å². The minimum atomic E-state index is -2.68. The van der Waals surface area contributed by atoms with Gasteiger partial charge < -0.3 is 44.7 Å². The van der Waals surface area contributed by atoms with E-state index in [0.717, 1.165) is 57.0 Å². The molecule has 0 fully saturated rings. The fraction of sp³-hybridized carbons (Fsp3) is 1.00. The van der Waals surface area contributed by atoms with E-state index in [9.17, 15) is 0 Å². The Labute approximate surface area is 243 Å². The molecule has 0 atom stereocenters. The molecule has 0 aromatic heterocycles. The molecule has 10 nitrogen and oxygen atoms in total. The van der Waals surface area contributed by atoms with Gasteiger partial charge in [0.05, 0.1) is 0 Å². The van der Waals surface area contributed by atoms with Crippen molar-refractivity contribution in [3.63, 3.8) is 0 Å². The first-order valence-electron chi connectivity index (χ1n) is 15.2. The Morgan fingerprint density at radius 1 is 0.385 bits per heavy atom. The third-order valence-corrected chi connectivity index (χ3v) is 15.4. The lowest BCUT2D eigenvalue weighted by atomic mass is 10.3. The van der Waals surface area contributed by atoms with E-state index < -0.39 is 26.4 Å². The van der Waals surface area contributed by atoms with Crippen molar-refractivity contribution in [3.8, 4) is 0 Å². The van der Waals surface area contributed by atoms with Crippen LogP contribution in [0.3, 0.4) is 0 Å². The summed E-state index contributed by atoms with van der Waals surface area (Å²) in [5, 5.41) is 0. The maximum absolute atomic E-state index is 6.08. The number of hydrogen-bond donors (Lipinski definition) is 0.